The van der Waals surface area contributed by atoms with Gasteiger partial charge in [-0.1, -0.05) is 67.5 Å². The van der Waals surface area contributed by atoms with Crippen LogP contribution in [0.15, 0.2) is 77.1 Å². The minimum atomic E-state index is -0.594. The molecule has 0 saturated carbocycles. The molecule has 12 heteroatoms. The van der Waals surface area contributed by atoms with Gasteiger partial charge in [-0.3, -0.25) is 0 Å². The molecule has 196 valence electrons. The molecule has 0 aliphatic heterocycles. The number of nitrogens with two attached hydrogens (primary N) is 2. The Kier molecular flexibility index (Phi) is 12.5. The van der Waals surface area contributed by atoms with Crippen molar-refractivity contribution >= 4 is 78.7 Å². The number of rotatable bonds is 10. The average Bonchev–Trinajstić information content (AvgIpc) is 2.86. The zero-order valence-electron chi connectivity index (χ0n) is 20.3. The SMILES string of the molecule is CCOC(=O)/C=C(/N)c1ccc(Br)cc1S/C(C#N)=C(/C#N)Sc1cc(Br)ccc1/C(N)=C\C(=O)OCC. The van der Waals surface area contributed by atoms with Crippen LogP contribution in [0.3, 0.4) is 0 Å². The van der Waals surface area contributed by atoms with Gasteiger partial charge in [0.05, 0.1) is 13.2 Å². The molecule has 0 aliphatic rings. The van der Waals surface area contributed by atoms with E-state index in [4.69, 9.17) is 20.9 Å². The fourth-order valence-electron chi connectivity index (χ4n) is 2.88. The predicted octanol–water partition coefficient (Wildman–Crippen LogP) is 6.08. The first-order valence-corrected chi connectivity index (χ1v) is 14.1. The van der Waals surface area contributed by atoms with E-state index in [1.54, 1.807) is 50.2 Å². The van der Waals surface area contributed by atoms with E-state index >= 15 is 0 Å². The standard InChI is InChI=1S/C26H22Br2N4O4S2/c1-3-35-25(33)11-19(31)17-7-5-15(27)9-21(17)37-23(13-29)24(14-30)38-22-10-16(28)6-8-18(22)20(32)12-26(34)36-4-2/h5-12H,3-4,31-32H2,1-2H3/b19-11+,20-12+,24-23-. The molecule has 0 amide bonds. The molecule has 4 N–H and O–H groups in total. The maximum absolute atomic E-state index is 11.9. The van der Waals surface area contributed by atoms with Gasteiger partial charge in [0.2, 0.25) is 0 Å². The molecule has 8 nitrogen and oxygen atoms in total. The summed E-state index contributed by atoms with van der Waals surface area (Å²) in [6.45, 7) is 3.77. The zero-order valence-corrected chi connectivity index (χ0v) is 25.1. The minimum absolute atomic E-state index is 0.0969. The first-order valence-electron chi connectivity index (χ1n) is 10.9. The van der Waals surface area contributed by atoms with Crippen molar-refractivity contribution in [2.75, 3.05) is 13.2 Å². The van der Waals surface area contributed by atoms with Crippen molar-refractivity contribution in [2.45, 2.75) is 23.6 Å². The number of thioether (sulfide) groups is 2. The third kappa shape index (κ3) is 8.99. The van der Waals surface area contributed by atoms with Crippen molar-refractivity contribution in [3.63, 3.8) is 0 Å². The van der Waals surface area contributed by atoms with E-state index in [9.17, 15) is 20.1 Å². The monoisotopic (exact) mass is 676 g/mol. The van der Waals surface area contributed by atoms with Crippen LogP contribution in [0.1, 0.15) is 25.0 Å². The Morgan fingerprint density at radius 3 is 1.50 bits per heavy atom. The highest BCUT2D eigenvalue weighted by atomic mass is 79.9. The molecule has 0 fully saturated rings. The number of halogens is 2. The third-order valence-electron chi connectivity index (χ3n) is 4.46. The minimum Gasteiger partial charge on any atom is -0.463 e. The summed E-state index contributed by atoms with van der Waals surface area (Å²) < 4.78 is 11.3. The van der Waals surface area contributed by atoms with Crippen molar-refractivity contribution in [1.82, 2.24) is 0 Å². The van der Waals surface area contributed by atoms with E-state index in [1.807, 2.05) is 0 Å². The van der Waals surface area contributed by atoms with Crippen LogP contribution in [-0.2, 0) is 19.1 Å². The molecule has 2 rings (SSSR count). The smallest absolute Gasteiger partial charge is 0.332 e. The van der Waals surface area contributed by atoms with E-state index in [-0.39, 0.29) is 34.4 Å². The first kappa shape index (κ1) is 31.1. The van der Waals surface area contributed by atoms with Crippen molar-refractivity contribution in [1.29, 1.82) is 10.5 Å². The van der Waals surface area contributed by atoms with E-state index < -0.39 is 11.9 Å². The molecule has 0 bridgehead atoms. The second-order valence-electron chi connectivity index (χ2n) is 7.07. The summed E-state index contributed by atoms with van der Waals surface area (Å²) in [7, 11) is 0. The van der Waals surface area contributed by atoms with Gasteiger partial charge < -0.3 is 20.9 Å². The van der Waals surface area contributed by atoms with Crippen LogP contribution < -0.4 is 11.5 Å². The van der Waals surface area contributed by atoms with E-state index in [2.05, 4.69) is 44.0 Å². The number of carbonyl (C=O) groups excluding carboxylic acids is 2. The Balaban J connectivity index is 2.54. The second-order valence-corrected chi connectivity index (χ2v) is 11.0. The molecule has 2 aromatic carbocycles. The summed E-state index contributed by atoms with van der Waals surface area (Å²) in [5, 5.41) is 19.9. The molecule has 0 spiro atoms. The molecule has 0 unspecified atom stereocenters. The molecule has 0 saturated heterocycles. The van der Waals surface area contributed by atoms with Gasteiger partial charge in [0.25, 0.3) is 0 Å². The fraction of sp³-hybridized carbons (Fsp3) is 0.154. The van der Waals surface area contributed by atoms with Crippen LogP contribution >= 0.6 is 55.4 Å². The number of carbonyl (C=O) groups is 2. The van der Waals surface area contributed by atoms with Crippen LogP contribution in [0, 0.1) is 22.7 Å². The Morgan fingerprint density at radius 1 is 0.816 bits per heavy atom. The normalized spacial score (nSPS) is 12.2. The number of allylic oxidation sites excluding steroid dienone is 2. The number of hydrogen-bond donors (Lipinski definition) is 2. The van der Waals surface area contributed by atoms with Crippen LogP contribution in [0.5, 0.6) is 0 Å². The van der Waals surface area contributed by atoms with E-state index in [0.717, 1.165) is 23.5 Å². The summed E-state index contributed by atoms with van der Waals surface area (Å²) in [5.41, 5.74) is 13.6. The molecule has 0 aliphatic carbocycles. The average molecular weight is 678 g/mol. The van der Waals surface area contributed by atoms with Crippen LogP contribution in [-0.4, -0.2) is 25.2 Å². The lowest BCUT2D eigenvalue weighted by Gasteiger charge is -2.12. The van der Waals surface area contributed by atoms with Crippen LogP contribution in [0.2, 0.25) is 0 Å². The largest absolute Gasteiger partial charge is 0.463 e. The maximum atomic E-state index is 11.9. The quantitative estimate of drug-likeness (QED) is 0.131. The van der Waals surface area contributed by atoms with Gasteiger partial charge in [-0.2, -0.15) is 10.5 Å². The van der Waals surface area contributed by atoms with Crippen LogP contribution in [0.4, 0.5) is 0 Å². The number of esters is 2. The summed E-state index contributed by atoms with van der Waals surface area (Å²) in [6.07, 6.45) is 2.33. The van der Waals surface area contributed by atoms with Gasteiger partial charge in [0.15, 0.2) is 0 Å². The summed E-state index contributed by atoms with van der Waals surface area (Å²) in [4.78, 5) is 25.1. The molecule has 2 aromatic rings. The Labute approximate surface area is 246 Å². The second kappa shape index (κ2) is 15.3. The number of benzene rings is 2. The Hall–Kier alpha value is -3.16. The predicted molar refractivity (Wildman–Crippen MR) is 156 cm³/mol. The van der Waals surface area contributed by atoms with Gasteiger partial charge in [-0.05, 0) is 38.1 Å². The maximum Gasteiger partial charge on any atom is 0.332 e. The molecular formula is C26H22Br2N4O4S2. The number of nitrogens with zero attached hydrogens (tertiary/aromatic N) is 2. The lowest BCUT2D eigenvalue weighted by atomic mass is 10.1. The highest BCUT2D eigenvalue weighted by Crippen LogP contribution is 2.41. The summed E-state index contributed by atoms with van der Waals surface area (Å²) >= 11 is 8.87. The van der Waals surface area contributed by atoms with Gasteiger partial charge in [0, 0.05) is 53.4 Å². The fourth-order valence-corrected chi connectivity index (χ4v) is 5.92. The highest BCUT2D eigenvalue weighted by molar-refractivity contribution is 9.10. The number of nitriles is 2. The van der Waals surface area contributed by atoms with Gasteiger partial charge in [0.1, 0.15) is 21.9 Å². The molecule has 38 heavy (non-hydrogen) atoms. The Morgan fingerprint density at radius 2 is 1.18 bits per heavy atom. The van der Waals surface area contributed by atoms with Gasteiger partial charge in [-0.15, -0.1) is 0 Å². The van der Waals surface area contributed by atoms with Crippen molar-refractivity contribution < 1.29 is 19.1 Å². The van der Waals surface area contributed by atoms with Crippen molar-refractivity contribution in [2.24, 2.45) is 11.5 Å². The molecular weight excluding hydrogens is 656 g/mol. The van der Waals surface area contributed by atoms with E-state index in [0.29, 0.717) is 29.9 Å². The summed E-state index contributed by atoms with van der Waals surface area (Å²) in [5.74, 6) is -1.19. The number of ether oxygens (including phenoxy) is 2. The first-order chi connectivity index (χ1) is 18.1. The molecule has 0 radical (unpaired) electrons. The van der Waals surface area contributed by atoms with E-state index in [1.165, 1.54) is 12.2 Å². The van der Waals surface area contributed by atoms with Gasteiger partial charge >= 0.3 is 11.9 Å². The number of hydrogen-bond acceptors (Lipinski definition) is 10. The lowest BCUT2D eigenvalue weighted by Crippen LogP contribution is -2.06. The lowest BCUT2D eigenvalue weighted by molar-refractivity contribution is -0.138. The topological polar surface area (TPSA) is 152 Å². The molecule has 0 atom stereocenters. The highest BCUT2D eigenvalue weighted by Gasteiger charge is 2.18. The molecule has 0 aromatic heterocycles. The zero-order chi connectivity index (χ0) is 28.2. The van der Waals surface area contributed by atoms with Crippen LogP contribution in [0.25, 0.3) is 11.4 Å². The van der Waals surface area contributed by atoms with Crippen molar-refractivity contribution in [3.05, 3.63) is 78.4 Å². The third-order valence-corrected chi connectivity index (χ3v) is 7.69. The Bertz CT molecular complexity index is 1300. The van der Waals surface area contributed by atoms with Crippen molar-refractivity contribution in [3.8, 4) is 12.1 Å². The van der Waals surface area contributed by atoms with Gasteiger partial charge in [-0.25, -0.2) is 9.59 Å². The molecule has 0 heterocycles. The summed E-state index contributed by atoms with van der Waals surface area (Å²) in [6, 6.07) is 14.5.